The van der Waals surface area contributed by atoms with E-state index in [-0.39, 0.29) is 12.0 Å². The summed E-state index contributed by atoms with van der Waals surface area (Å²) in [7, 11) is 0. The van der Waals surface area contributed by atoms with Crippen molar-refractivity contribution in [2.75, 3.05) is 32.1 Å². The number of amides is 1. The maximum absolute atomic E-state index is 12.2. The van der Waals surface area contributed by atoms with E-state index in [4.69, 9.17) is 15.2 Å². The molecule has 6 heteroatoms. The van der Waals surface area contributed by atoms with E-state index < -0.39 is 0 Å². The van der Waals surface area contributed by atoms with Crippen molar-refractivity contribution in [2.24, 2.45) is 0 Å². The van der Waals surface area contributed by atoms with E-state index >= 15 is 0 Å². The molecule has 1 aromatic heterocycles. The van der Waals surface area contributed by atoms with E-state index in [1.807, 2.05) is 10.8 Å². The first-order valence-electron chi connectivity index (χ1n) is 6.69. The SMILES string of the molecule is Nc1cc(C(=O)NCC2COCCO2)n(C2CC2)c1. The fourth-order valence-corrected chi connectivity index (χ4v) is 2.29. The van der Waals surface area contributed by atoms with Crippen LogP contribution in [-0.4, -0.2) is 42.9 Å². The molecule has 1 aliphatic heterocycles. The van der Waals surface area contributed by atoms with Crippen molar-refractivity contribution in [3.05, 3.63) is 18.0 Å². The second kappa shape index (κ2) is 5.22. The summed E-state index contributed by atoms with van der Waals surface area (Å²) in [4.78, 5) is 12.2. The molecule has 1 amide bonds. The number of hydrogen-bond acceptors (Lipinski definition) is 4. The molecular formula is C13H19N3O3. The number of nitrogens with zero attached hydrogens (tertiary/aromatic N) is 1. The molecule has 0 aromatic carbocycles. The molecule has 1 saturated carbocycles. The van der Waals surface area contributed by atoms with E-state index in [0.29, 0.717) is 43.8 Å². The zero-order valence-corrected chi connectivity index (χ0v) is 10.8. The lowest BCUT2D eigenvalue weighted by atomic mass is 10.3. The van der Waals surface area contributed by atoms with Crippen LogP contribution in [0.2, 0.25) is 0 Å². The average molecular weight is 265 g/mol. The van der Waals surface area contributed by atoms with Crippen LogP contribution in [-0.2, 0) is 9.47 Å². The highest BCUT2D eigenvalue weighted by molar-refractivity contribution is 5.93. The molecule has 1 saturated heterocycles. The second-order valence-electron chi connectivity index (χ2n) is 5.07. The maximum atomic E-state index is 12.2. The largest absolute Gasteiger partial charge is 0.397 e. The Morgan fingerprint density at radius 1 is 1.47 bits per heavy atom. The van der Waals surface area contributed by atoms with E-state index in [9.17, 15) is 4.79 Å². The number of carbonyl (C=O) groups is 1. The van der Waals surface area contributed by atoms with Crippen molar-refractivity contribution in [1.82, 2.24) is 9.88 Å². The summed E-state index contributed by atoms with van der Waals surface area (Å²) in [5, 5.41) is 2.88. The van der Waals surface area contributed by atoms with E-state index in [2.05, 4.69) is 5.32 Å². The monoisotopic (exact) mass is 265 g/mol. The zero-order valence-electron chi connectivity index (χ0n) is 10.8. The Balaban J connectivity index is 1.60. The Morgan fingerprint density at radius 2 is 2.32 bits per heavy atom. The Morgan fingerprint density at radius 3 is 3.00 bits per heavy atom. The van der Waals surface area contributed by atoms with Crippen LogP contribution in [0.3, 0.4) is 0 Å². The number of nitrogen functional groups attached to an aromatic ring is 1. The number of aromatic nitrogens is 1. The molecule has 0 bridgehead atoms. The standard InChI is InChI=1S/C13H19N3O3/c14-9-5-12(16(7-9)10-1-2-10)13(17)15-6-11-8-18-3-4-19-11/h5,7,10-11H,1-4,6,8,14H2,(H,15,17). The van der Waals surface area contributed by atoms with Gasteiger partial charge in [-0.15, -0.1) is 0 Å². The average Bonchev–Trinajstić information content (AvgIpc) is 3.20. The Bertz CT molecular complexity index is 462. The van der Waals surface area contributed by atoms with Gasteiger partial charge in [-0.1, -0.05) is 0 Å². The summed E-state index contributed by atoms with van der Waals surface area (Å²) in [5.41, 5.74) is 7.05. The lowest BCUT2D eigenvalue weighted by Crippen LogP contribution is -2.40. The van der Waals surface area contributed by atoms with Crippen LogP contribution in [0.15, 0.2) is 12.3 Å². The lowest BCUT2D eigenvalue weighted by molar-refractivity contribution is -0.0855. The first kappa shape index (κ1) is 12.5. The summed E-state index contributed by atoms with van der Waals surface area (Å²) in [6.45, 7) is 2.22. The van der Waals surface area contributed by atoms with Gasteiger partial charge in [0.15, 0.2) is 0 Å². The molecule has 1 atom stereocenters. The molecule has 19 heavy (non-hydrogen) atoms. The number of rotatable bonds is 4. The van der Waals surface area contributed by atoms with Crippen molar-refractivity contribution in [2.45, 2.75) is 25.0 Å². The van der Waals surface area contributed by atoms with Crippen LogP contribution < -0.4 is 11.1 Å². The minimum Gasteiger partial charge on any atom is -0.397 e. The molecule has 3 N–H and O–H groups in total. The molecule has 2 fully saturated rings. The van der Waals surface area contributed by atoms with Crippen LogP contribution in [0.5, 0.6) is 0 Å². The van der Waals surface area contributed by atoms with Gasteiger partial charge in [0, 0.05) is 18.8 Å². The van der Waals surface area contributed by atoms with Gasteiger partial charge in [0.25, 0.3) is 5.91 Å². The Kier molecular flexibility index (Phi) is 3.44. The second-order valence-corrected chi connectivity index (χ2v) is 5.07. The van der Waals surface area contributed by atoms with Crippen molar-refractivity contribution < 1.29 is 14.3 Å². The number of ether oxygens (including phenoxy) is 2. The van der Waals surface area contributed by atoms with Crippen molar-refractivity contribution in [1.29, 1.82) is 0 Å². The van der Waals surface area contributed by atoms with Gasteiger partial charge in [-0.05, 0) is 18.9 Å². The van der Waals surface area contributed by atoms with Gasteiger partial charge in [0.1, 0.15) is 5.69 Å². The van der Waals surface area contributed by atoms with Gasteiger partial charge in [0.2, 0.25) is 0 Å². The molecule has 3 rings (SSSR count). The number of carbonyl (C=O) groups excluding carboxylic acids is 1. The first-order chi connectivity index (χ1) is 9.24. The lowest BCUT2D eigenvalue weighted by Gasteiger charge is -2.23. The number of nitrogens with two attached hydrogens (primary N) is 1. The summed E-state index contributed by atoms with van der Waals surface area (Å²) in [6, 6.07) is 2.17. The molecular weight excluding hydrogens is 246 g/mol. The smallest absolute Gasteiger partial charge is 0.268 e. The van der Waals surface area contributed by atoms with Crippen molar-refractivity contribution in [3.8, 4) is 0 Å². The van der Waals surface area contributed by atoms with Crippen molar-refractivity contribution in [3.63, 3.8) is 0 Å². The van der Waals surface area contributed by atoms with E-state index in [0.717, 1.165) is 12.8 Å². The predicted octanol–water partition coefficient (Wildman–Crippen LogP) is 0.550. The van der Waals surface area contributed by atoms with Gasteiger partial charge in [0.05, 0.1) is 31.6 Å². The summed E-state index contributed by atoms with van der Waals surface area (Å²) >= 11 is 0. The van der Waals surface area contributed by atoms with Crippen LogP contribution in [0.4, 0.5) is 5.69 Å². The third-order valence-corrected chi connectivity index (χ3v) is 3.42. The minimum atomic E-state index is -0.0993. The highest BCUT2D eigenvalue weighted by Crippen LogP contribution is 2.37. The molecule has 2 heterocycles. The molecule has 0 radical (unpaired) electrons. The highest BCUT2D eigenvalue weighted by atomic mass is 16.6. The van der Waals surface area contributed by atoms with Gasteiger partial charge >= 0.3 is 0 Å². The first-order valence-corrected chi connectivity index (χ1v) is 6.69. The van der Waals surface area contributed by atoms with Gasteiger partial charge in [-0.2, -0.15) is 0 Å². The number of anilines is 1. The van der Waals surface area contributed by atoms with Gasteiger partial charge < -0.3 is 25.1 Å². The quantitative estimate of drug-likeness (QED) is 0.833. The maximum Gasteiger partial charge on any atom is 0.268 e. The molecule has 1 aliphatic carbocycles. The third-order valence-electron chi connectivity index (χ3n) is 3.42. The molecule has 6 nitrogen and oxygen atoms in total. The topological polar surface area (TPSA) is 78.5 Å². The Labute approximate surface area is 111 Å². The van der Waals surface area contributed by atoms with Crippen LogP contribution >= 0.6 is 0 Å². The minimum absolute atomic E-state index is 0.0561. The molecule has 104 valence electrons. The summed E-state index contributed by atoms with van der Waals surface area (Å²) in [6.07, 6.45) is 4.02. The fraction of sp³-hybridized carbons (Fsp3) is 0.615. The fourth-order valence-electron chi connectivity index (χ4n) is 2.29. The normalized spacial score (nSPS) is 23.3. The predicted molar refractivity (Wildman–Crippen MR) is 70.0 cm³/mol. The number of hydrogen-bond donors (Lipinski definition) is 2. The molecule has 0 spiro atoms. The third kappa shape index (κ3) is 2.90. The number of nitrogens with one attached hydrogen (secondary N) is 1. The Hall–Kier alpha value is -1.53. The molecule has 1 unspecified atom stereocenters. The van der Waals surface area contributed by atoms with Gasteiger partial charge in [-0.3, -0.25) is 4.79 Å². The van der Waals surface area contributed by atoms with E-state index in [1.54, 1.807) is 6.07 Å². The summed E-state index contributed by atoms with van der Waals surface area (Å²) in [5.74, 6) is -0.0993. The van der Waals surface area contributed by atoms with Crippen LogP contribution in [0, 0.1) is 0 Å². The van der Waals surface area contributed by atoms with Crippen LogP contribution in [0.1, 0.15) is 29.4 Å². The van der Waals surface area contributed by atoms with Crippen LogP contribution in [0.25, 0.3) is 0 Å². The van der Waals surface area contributed by atoms with Crippen molar-refractivity contribution >= 4 is 11.6 Å². The molecule has 1 aromatic rings. The summed E-state index contributed by atoms with van der Waals surface area (Å²) < 4.78 is 12.8. The van der Waals surface area contributed by atoms with E-state index in [1.165, 1.54) is 0 Å². The van der Waals surface area contributed by atoms with Gasteiger partial charge in [-0.25, -0.2) is 0 Å². The zero-order chi connectivity index (χ0) is 13.2. The highest BCUT2D eigenvalue weighted by Gasteiger charge is 2.28. The molecule has 2 aliphatic rings.